The molecule has 0 aliphatic carbocycles. The van der Waals surface area contributed by atoms with Crippen LogP contribution in [0.2, 0.25) is 0 Å². The van der Waals surface area contributed by atoms with Crippen molar-refractivity contribution in [1.82, 2.24) is 19.7 Å². The standard InChI is InChI=1S/C37H42FN5O5/c1-37(2,3)20-31(44)40-25-9-12-42(21-25)36(46)27-22-43-29-17-23-7-4-5-8-24(23)18-30(29)48-35-32(28(38)19-26(33(35)43)34(27)45)39-10-6-11-41-13-15-47-16-14-41/h4-5,7-8,17-19,22,25,39H,6,9-16,20-21H2,1-3H3,(H,40,44)/t25-/m1/s1. The third kappa shape index (κ3) is 6.36. The first-order chi connectivity index (χ1) is 23.1. The largest absolute Gasteiger partial charge is 0.451 e. The number of benzene rings is 3. The lowest BCUT2D eigenvalue weighted by Gasteiger charge is -2.28. The number of hydrogen-bond donors (Lipinski definition) is 2. The van der Waals surface area contributed by atoms with Crippen LogP contribution in [0.1, 0.15) is 50.4 Å². The van der Waals surface area contributed by atoms with Gasteiger partial charge in [0.15, 0.2) is 17.3 Å². The second kappa shape index (κ2) is 12.9. The number of fused-ring (bicyclic) bond motifs is 3. The van der Waals surface area contributed by atoms with E-state index in [1.54, 1.807) is 15.7 Å². The van der Waals surface area contributed by atoms with Crippen molar-refractivity contribution in [2.45, 2.75) is 46.1 Å². The number of nitrogens with zero attached hydrogens (tertiary/aromatic N) is 3. The number of amides is 2. The molecule has 1 atom stereocenters. The SMILES string of the molecule is CC(C)(C)CC(=O)N[C@@H]1CCN(C(=O)c2cn3c4c(c(NCCCN5CCOCC5)c(F)cc4c2=O)Oc2cc4ccccc4cc2-3)C1. The van der Waals surface area contributed by atoms with Gasteiger partial charge in [0.1, 0.15) is 16.8 Å². The van der Waals surface area contributed by atoms with Gasteiger partial charge in [-0.05, 0) is 53.8 Å². The van der Waals surface area contributed by atoms with E-state index in [2.05, 4.69) is 15.5 Å². The number of hydrogen-bond acceptors (Lipinski definition) is 7. The molecular weight excluding hydrogens is 613 g/mol. The Bertz CT molecular complexity index is 1960. The Labute approximate surface area is 278 Å². The van der Waals surface area contributed by atoms with E-state index >= 15 is 4.39 Å². The van der Waals surface area contributed by atoms with Crippen LogP contribution in [-0.4, -0.2) is 84.7 Å². The van der Waals surface area contributed by atoms with Crippen LogP contribution in [0.4, 0.5) is 10.1 Å². The van der Waals surface area contributed by atoms with E-state index in [4.69, 9.17) is 9.47 Å². The summed E-state index contributed by atoms with van der Waals surface area (Å²) in [5.41, 5.74) is 0.477. The van der Waals surface area contributed by atoms with Gasteiger partial charge in [-0.3, -0.25) is 19.3 Å². The number of rotatable bonds is 8. The number of anilines is 1. The molecule has 1 aromatic heterocycles. The van der Waals surface area contributed by atoms with E-state index in [0.29, 0.717) is 62.6 Å². The van der Waals surface area contributed by atoms with Crippen LogP contribution in [0.15, 0.2) is 53.5 Å². The molecule has 4 aromatic rings. The Morgan fingerprint density at radius 1 is 1.04 bits per heavy atom. The van der Waals surface area contributed by atoms with Crippen LogP contribution in [-0.2, 0) is 9.53 Å². The maximum atomic E-state index is 16.0. The first-order valence-corrected chi connectivity index (χ1v) is 16.8. The molecule has 11 heteroatoms. The zero-order chi connectivity index (χ0) is 33.6. The maximum Gasteiger partial charge on any atom is 0.259 e. The van der Waals surface area contributed by atoms with E-state index in [-0.39, 0.29) is 39.8 Å². The average molecular weight is 656 g/mol. The predicted octanol–water partition coefficient (Wildman–Crippen LogP) is 5.29. The molecule has 3 aliphatic rings. The summed E-state index contributed by atoms with van der Waals surface area (Å²) >= 11 is 0. The molecule has 2 amide bonds. The molecule has 0 bridgehead atoms. The highest BCUT2D eigenvalue weighted by atomic mass is 19.1. The molecule has 0 radical (unpaired) electrons. The van der Waals surface area contributed by atoms with Gasteiger partial charge in [0, 0.05) is 51.4 Å². The molecule has 4 heterocycles. The summed E-state index contributed by atoms with van der Waals surface area (Å²) in [5.74, 6) is -0.412. The molecule has 3 aliphatic heterocycles. The van der Waals surface area contributed by atoms with Crippen LogP contribution in [0, 0.1) is 11.2 Å². The number of likely N-dealkylation sites (tertiary alicyclic amines) is 1. The van der Waals surface area contributed by atoms with Gasteiger partial charge >= 0.3 is 0 Å². The second-order valence-corrected chi connectivity index (χ2v) is 14.2. The second-order valence-electron chi connectivity index (χ2n) is 14.2. The molecule has 252 valence electrons. The number of nitrogens with one attached hydrogen (secondary N) is 2. The number of carbonyl (C=O) groups is 2. The van der Waals surface area contributed by atoms with E-state index in [0.717, 1.165) is 36.8 Å². The molecule has 0 spiro atoms. The van der Waals surface area contributed by atoms with Gasteiger partial charge in [-0.15, -0.1) is 0 Å². The molecule has 2 saturated heterocycles. The van der Waals surface area contributed by atoms with Crippen molar-refractivity contribution in [3.63, 3.8) is 0 Å². The first-order valence-electron chi connectivity index (χ1n) is 16.8. The zero-order valence-electron chi connectivity index (χ0n) is 27.7. The van der Waals surface area contributed by atoms with Gasteiger partial charge in [-0.25, -0.2) is 4.39 Å². The highest BCUT2D eigenvalue weighted by molar-refractivity contribution is 6.02. The summed E-state index contributed by atoms with van der Waals surface area (Å²) in [6.45, 7) is 11.2. The highest BCUT2D eigenvalue weighted by Crippen LogP contribution is 2.46. The first kappa shape index (κ1) is 32.1. The van der Waals surface area contributed by atoms with Crippen LogP contribution in [0.25, 0.3) is 27.4 Å². The minimum absolute atomic E-state index is 0.0539. The van der Waals surface area contributed by atoms with Gasteiger partial charge in [0.05, 0.1) is 24.3 Å². The monoisotopic (exact) mass is 655 g/mol. The number of aromatic nitrogens is 1. The number of pyridine rings is 1. The number of carbonyl (C=O) groups excluding carboxylic acids is 2. The lowest BCUT2D eigenvalue weighted by atomic mass is 9.92. The van der Waals surface area contributed by atoms with E-state index in [9.17, 15) is 14.4 Å². The number of halogens is 1. The fourth-order valence-electron chi connectivity index (χ4n) is 6.95. The van der Waals surface area contributed by atoms with Crippen LogP contribution in [0.3, 0.4) is 0 Å². The van der Waals surface area contributed by atoms with Gasteiger partial charge in [-0.2, -0.15) is 0 Å². The smallest absolute Gasteiger partial charge is 0.259 e. The summed E-state index contributed by atoms with van der Waals surface area (Å²) in [5, 5.41) is 8.26. The fraction of sp³-hybridized carbons (Fsp3) is 0.432. The van der Waals surface area contributed by atoms with Crippen molar-refractivity contribution < 1.29 is 23.5 Å². The lowest BCUT2D eigenvalue weighted by molar-refractivity contribution is -0.123. The topological polar surface area (TPSA) is 105 Å². The van der Waals surface area contributed by atoms with Crippen LogP contribution in [0.5, 0.6) is 11.5 Å². The van der Waals surface area contributed by atoms with E-state index in [1.807, 2.05) is 57.2 Å². The van der Waals surface area contributed by atoms with Gasteiger partial charge in [-0.1, -0.05) is 45.0 Å². The van der Waals surface area contributed by atoms with Crippen molar-refractivity contribution in [2.75, 3.05) is 57.8 Å². The lowest BCUT2D eigenvalue weighted by Crippen LogP contribution is -2.40. The summed E-state index contributed by atoms with van der Waals surface area (Å²) in [7, 11) is 0. The zero-order valence-corrected chi connectivity index (χ0v) is 27.7. The molecular formula is C37H42FN5O5. The Balaban J connectivity index is 1.24. The van der Waals surface area contributed by atoms with E-state index < -0.39 is 17.2 Å². The van der Waals surface area contributed by atoms with Crippen LogP contribution < -0.4 is 20.8 Å². The van der Waals surface area contributed by atoms with Crippen molar-refractivity contribution in [3.05, 3.63) is 70.3 Å². The molecule has 48 heavy (non-hydrogen) atoms. The number of ether oxygens (including phenoxy) is 2. The number of morpholine rings is 1. The van der Waals surface area contributed by atoms with Gasteiger partial charge in [0.2, 0.25) is 11.3 Å². The highest BCUT2D eigenvalue weighted by Gasteiger charge is 2.33. The van der Waals surface area contributed by atoms with Crippen molar-refractivity contribution in [3.8, 4) is 17.2 Å². The van der Waals surface area contributed by atoms with E-state index in [1.165, 1.54) is 6.07 Å². The molecule has 10 nitrogen and oxygen atoms in total. The molecule has 0 unspecified atom stereocenters. The normalized spacial score (nSPS) is 17.8. The fourth-order valence-corrected chi connectivity index (χ4v) is 6.95. The molecule has 7 rings (SSSR count). The Morgan fingerprint density at radius 2 is 1.79 bits per heavy atom. The molecule has 2 N–H and O–H groups in total. The Hall–Kier alpha value is -4.48. The average Bonchev–Trinajstić information content (AvgIpc) is 3.51. The van der Waals surface area contributed by atoms with Crippen molar-refractivity contribution in [2.24, 2.45) is 5.41 Å². The van der Waals surface area contributed by atoms with Gasteiger partial charge < -0.3 is 29.6 Å². The third-order valence-electron chi connectivity index (χ3n) is 9.31. The van der Waals surface area contributed by atoms with Gasteiger partial charge in [0.25, 0.3) is 5.91 Å². The summed E-state index contributed by atoms with van der Waals surface area (Å²) in [6.07, 6.45) is 3.32. The summed E-state index contributed by atoms with van der Waals surface area (Å²) < 4.78 is 29.6. The molecule has 2 fully saturated rings. The van der Waals surface area contributed by atoms with Crippen LogP contribution >= 0.6 is 0 Å². The summed E-state index contributed by atoms with van der Waals surface area (Å²) in [4.78, 5) is 44.5. The predicted molar refractivity (Wildman–Crippen MR) is 184 cm³/mol. The van der Waals surface area contributed by atoms with Crippen molar-refractivity contribution >= 4 is 39.2 Å². The maximum absolute atomic E-state index is 16.0. The Morgan fingerprint density at radius 3 is 2.54 bits per heavy atom. The summed E-state index contributed by atoms with van der Waals surface area (Å²) in [6, 6.07) is 12.7. The Kier molecular flexibility index (Phi) is 8.59. The third-order valence-corrected chi connectivity index (χ3v) is 9.31. The molecule has 3 aromatic carbocycles. The minimum atomic E-state index is -0.621. The van der Waals surface area contributed by atoms with Crippen molar-refractivity contribution in [1.29, 1.82) is 0 Å². The minimum Gasteiger partial charge on any atom is -0.451 e. The quantitative estimate of drug-likeness (QED) is 0.219. The molecule has 0 saturated carbocycles.